The lowest BCUT2D eigenvalue weighted by atomic mass is 10.2. The maximum absolute atomic E-state index is 12.6. The first kappa shape index (κ1) is 15.0. The molecule has 106 valence electrons. The van der Waals surface area contributed by atoms with Gasteiger partial charge in [-0.3, -0.25) is 9.69 Å². The zero-order valence-electron chi connectivity index (χ0n) is 11.0. The van der Waals surface area contributed by atoms with Crippen molar-refractivity contribution >= 4 is 73.2 Å². The van der Waals surface area contributed by atoms with Crippen molar-refractivity contribution in [2.75, 3.05) is 4.90 Å². The molecule has 0 radical (unpaired) electrons. The van der Waals surface area contributed by atoms with Crippen LogP contribution in [-0.2, 0) is 4.79 Å². The van der Waals surface area contributed by atoms with Crippen molar-refractivity contribution in [3.05, 3.63) is 55.5 Å². The zero-order chi connectivity index (χ0) is 15.0. The summed E-state index contributed by atoms with van der Waals surface area (Å²) in [6.45, 7) is 2.04. The maximum Gasteiger partial charge on any atom is 0.270 e. The quantitative estimate of drug-likeness (QED) is 0.513. The summed E-state index contributed by atoms with van der Waals surface area (Å²) in [4.78, 5) is 16.0. The molecular formula is C15H10BrNOS3. The van der Waals surface area contributed by atoms with Crippen LogP contribution in [0.3, 0.4) is 0 Å². The number of aryl methyl sites for hydroxylation is 1. The van der Waals surface area contributed by atoms with Gasteiger partial charge in [0.25, 0.3) is 5.91 Å². The van der Waals surface area contributed by atoms with E-state index in [9.17, 15) is 4.79 Å². The summed E-state index contributed by atoms with van der Waals surface area (Å²) < 4.78 is 1.49. The summed E-state index contributed by atoms with van der Waals surface area (Å²) >= 11 is 11.8. The molecule has 0 unspecified atom stereocenters. The number of hydrogen-bond donors (Lipinski definition) is 0. The van der Waals surface area contributed by atoms with Crippen molar-refractivity contribution in [2.24, 2.45) is 0 Å². The van der Waals surface area contributed by atoms with Crippen LogP contribution >= 0.6 is 51.2 Å². The van der Waals surface area contributed by atoms with Crippen molar-refractivity contribution in [3.63, 3.8) is 0 Å². The molecule has 1 amide bonds. The summed E-state index contributed by atoms with van der Waals surface area (Å²) in [6, 6.07) is 9.64. The number of carbonyl (C=O) groups excluding carboxylic acids is 1. The minimum atomic E-state index is -0.0594. The van der Waals surface area contributed by atoms with Crippen LogP contribution in [0.4, 0.5) is 5.69 Å². The molecule has 1 aliphatic rings. The Morgan fingerprint density at radius 3 is 2.81 bits per heavy atom. The van der Waals surface area contributed by atoms with E-state index in [-0.39, 0.29) is 5.91 Å². The monoisotopic (exact) mass is 395 g/mol. The number of halogens is 1. The van der Waals surface area contributed by atoms with E-state index in [0.717, 1.165) is 15.0 Å². The second-order valence-electron chi connectivity index (χ2n) is 4.46. The van der Waals surface area contributed by atoms with E-state index >= 15 is 0 Å². The smallest absolute Gasteiger partial charge is 0.268 e. The molecule has 0 saturated carbocycles. The fourth-order valence-corrected chi connectivity index (χ4v) is 4.56. The molecule has 1 fully saturated rings. The van der Waals surface area contributed by atoms with Gasteiger partial charge in [0.05, 0.1) is 10.6 Å². The standard InChI is InChI=1S/C15H10BrNOS3/c1-9-5-6-20-12(9)8-13-14(18)17(15(19)21-13)11-4-2-3-10(16)7-11/h2-8H,1H3/b13-8+. The molecule has 1 saturated heterocycles. The van der Waals surface area contributed by atoms with Crippen molar-refractivity contribution < 1.29 is 4.79 Å². The molecular weight excluding hydrogens is 386 g/mol. The van der Waals surface area contributed by atoms with E-state index in [1.165, 1.54) is 17.3 Å². The van der Waals surface area contributed by atoms with E-state index in [1.807, 2.05) is 48.7 Å². The van der Waals surface area contributed by atoms with E-state index in [2.05, 4.69) is 15.9 Å². The van der Waals surface area contributed by atoms with Gasteiger partial charge in [-0.1, -0.05) is 46.0 Å². The van der Waals surface area contributed by atoms with Crippen molar-refractivity contribution in [3.8, 4) is 0 Å². The van der Waals surface area contributed by atoms with Gasteiger partial charge in [0.2, 0.25) is 0 Å². The Hall–Kier alpha value is -0.950. The number of benzene rings is 1. The van der Waals surface area contributed by atoms with Crippen LogP contribution in [0.5, 0.6) is 0 Å². The number of hydrogen-bond acceptors (Lipinski definition) is 4. The molecule has 2 aromatic rings. The van der Waals surface area contributed by atoms with E-state index in [4.69, 9.17) is 12.2 Å². The molecule has 0 aliphatic carbocycles. The van der Waals surface area contributed by atoms with Gasteiger partial charge in [0.1, 0.15) is 0 Å². The molecule has 1 aromatic carbocycles. The number of nitrogens with zero attached hydrogens (tertiary/aromatic N) is 1. The van der Waals surface area contributed by atoms with Crippen LogP contribution in [0.15, 0.2) is 45.1 Å². The van der Waals surface area contributed by atoms with Crippen molar-refractivity contribution in [1.29, 1.82) is 0 Å². The third-order valence-corrected chi connectivity index (χ3v) is 5.79. The Morgan fingerprint density at radius 1 is 1.33 bits per heavy atom. The van der Waals surface area contributed by atoms with E-state index in [0.29, 0.717) is 9.23 Å². The number of thiophene rings is 1. The first-order valence-electron chi connectivity index (χ1n) is 6.14. The first-order valence-corrected chi connectivity index (χ1v) is 9.03. The van der Waals surface area contributed by atoms with Crippen LogP contribution in [0, 0.1) is 6.92 Å². The molecule has 1 aliphatic heterocycles. The highest BCUT2D eigenvalue weighted by Gasteiger charge is 2.33. The van der Waals surface area contributed by atoms with Crippen LogP contribution < -0.4 is 4.90 Å². The number of carbonyl (C=O) groups is 1. The Bertz CT molecular complexity index is 766. The molecule has 3 rings (SSSR count). The summed E-state index contributed by atoms with van der Waals surface area (Å²) in [5.41, 5.74) is 1.96. The Kier molecular flexibility index (Phi) is 4.31. The molecule has 21 heavy (non-hydrogen) atoms. The molecule has 2 heterocycles. The van der Waals surface area contributed by atoms with Crippen LogP contribution in [0.25, 0.3) is 6.08 Å². The molecule has 0 bridgehead atoms. The summed E-state index contributed by atoms with van der Waals surface area (Å²) in [5, 5.41) is 2.02. The Morgan fingerprint density at radius 2 is 2.14 bits per heavy atom. The van der Waals surface area contributed by atoms with Gasteiger partial charge in [-0.2, -0.15) is 0 Å². The third kappa shape index (κ3) is 2.99. The highest BCUT2D eigenvalue weighted by Crippen LogP contribution is 2.37. The summed E-state index contributed by atoms with van der Waals surface area (Å²) in [6.07, 6.45) is 1.93. The van der Waals surface area contributed by atoms with Gasteiger partial charge in [0, 0.05) is 9.35 Å². The number of thioether (sulfide) groups is 1. The Balaban J connectivity index is 1.96. The number of anilines is 1. The van der Waals surface area contributed by atoms with Gasteiger partial charge in [-0.25, -0.2) is 0 Å². The first-order chi connectivity index (χ1) is 10.1. The molecule has 0 atom stereocenters. The van der Waals surface area contributed by atoms with E-state index < -0.39 is 0 Å². The molecule has 6 heteroatoms. The van der Waals surface area contributed by atoms with E-state index in [1.54, 1.807) is 16.2 Å². The minimum Gasteiger partial charge on any atom is -0.268 e. The van der Waals surface area contributed by atoms with Gasteiger partial charge in [-0.05, 0) is 48.2 Å². The highest BCUT2D eigenvalue weighted by atomic mass is 79.9. The molecule has 1 aromatic heterocycles. The van der Waals surface area contributed by atoms with Crippen molar-refractivity contribution in [1.82, 2.24) is 0 Å². The average Bonchev–Trinajstić information content (AvgIpc) is 2.95. The molecule has 2 nitrogen and oxygen atoms in total. The van der Waals surface area contributed by atoms with Gasteiger partial charge in [0.15, 0.2) is 4.32 Å². The van der Waals surface area contributed by atoms with Crippen molar-refractivity contribution in [2.45, 2.75) is 6.92 Å². The van der Waals surface area contributed by atoms with Crippen LogP contribution in [0.1, 0.15) is 10.4 Å². The average molecular weight is 396 g/mol. The largest absolute Gasteiger partial charge is 0.270 e. The lowest BCUT2D eigenvalue weighted by Gasteiger charge is -2.14. The zero-order valence-corrected chi connectivity index (χ0v) is 15.0. The van der Waals surface area contributed by atoms with Crippen LogP contribution in [0.2, 0.25) is 0 Å². The second kappa shape index (κ2) is 6.04. The number of rotatable bonds is 2. The normalized spacial score (nSPS) is 17.0. The summed E-state index contributed by atoms with van der Waals surface area (Å²) in [7, 11) is 0. The maximum atomic E-state index is 12.6. The third-order valence-electron chi connectivity index (χ3n) is 3.02. The summed E-state index contributed by atoms with van der Waals surface area (Å²) in [5.74, 6) is -0.0594. The predicted molar refractivity (Wildman–Crippen MR) is 98.9 cm³/mol. The minimum absolute atomic E-state index is 0.0594. The lowest BCUT2D eigenvalue weighted by Crippen LogP contribution is -2.27. The van der Waals surface area contributed by atoms with Gasteiger partial charge < -0.3 is 0 Å². The molecule has 0 spiro atoms. The number of thiocarbonyl (C=S) groups is 1. The van der Waals surface area contributed by atoms with Crippen LogP contribution in [-0.4, -0.2) is 10.2 Å². The fourth-order valence-electron chi connectivity index (χ4n) is 1.96. The second-order valence-corrected chi connectivity index (χ2v) is 8.00. The lowest BCUT2D eigenvalue weighted by molar-refractivity contribution is -0.113. The highest BCUT2D eigenvalue weighted by molar-refractivity contribution is 9.10. The topological polar surface area (TPSA) is 20.3 Å². The Labute approximate surface area is 145 Å². The molecule has 0 N–H and O–H groups in total. The van der Waals surface area contributed by atoms with Gasteiger partial charge >= 0.3 is 0 Å². The fraction of sp³-hybridized carbons (Fsp3) is 0.0667. The number of amides is 1. The SMILES string of the molecule is Cc1ccsc1/C=C1/SC(=S)N(c2cccc(Br)c2)C1=O. The van der Waals surface area contributed by atoms with Gasteiger partial charge in [-0.15, -0.1) is 11.3 Å². The predicted octanol–water partition coefficient (Wildman–Crippen LogP) is 5.22.